The third-order valence-corrected chi connectivity index (χ3v) is 5.05. The van der Waals surface area contributed by atoms with Crippen LogP contribution < -0.4 is 21.5 Å². The van der Waals surface area contributed by atoms with Gasteiger partial charge in [-0.05, 0) is 31.4 Å². The van der Waals surface area contributed by atoms with Crippen LogP contribution in [-0.2, 0) is 0 Å². The van der Waals surface area contributed by atoms with E-state index in [1.165, 1.54) is 31.4 Å². The van der Waals surface area contributed by atoms with E-state index in [1.54, 1.807) is 0 Å². The van der Waals surface area contributed by atoms with Gasteiger partial charge in [0.25, 0.3) is 0 Å². The van der Waals surface area contributed by atoms with Crippen molar-refractivity contribution in [3.8, 4) is 0 Å². The van der Waals surface area contributed by atoms with Gasteiger partial charge in [0.1, 0.15) is 0 Å². The summed E-state index contributed by atoms with van der Waals surface area (Å²) in [5.74, 6) is 8.46. The molecule has 1 aromatic rings. The summed E-state index contributed by atoms with van der Waals surface area (Å²) in [6.07, 6.45) is 4.96. The molecule has 0 aromatic carbocycles. The molecule has 2 fully saturated rings. The molecule has 0 aliphatic carbocycles. The molecule has 7 nitrogen and oxygen atoms in total. The molecule has 0 bridgehead atoms. The Kier molecular flexibility index (Phi) is 4.41. The molecule has 2 saturated heterocycles. The first-order valence-corrected chi connectivity index (χ1v) is 8.23. The van der Waals surface area contributed by atoms with Crippen LogP contribution in [0.2, 0.25) is 0 Å². The van der Waals surface area contributed by atoms with Crippen LogP contribution in [0.4, 0.5) is 17.8 Å². The smallest absolute Gasteiger partial charge is 0.243 e. The van der Waals surface area contributed by atoms with Crippen molar-refractivity contribution in [1.82, 2.24) is 15.0 Å². The molecule has 4 N–H and O–H groups in total. The zero-order valence-electron chi connectivity index (χ0n) is 11.5. The molecule has 2 aliphatic heterocycles. The summed E-state index contributed by atoms with van der Waals surface area (Å²) in [7, 11) is 0. The number of rotatable bonds is 5. The largest absolute Gasteiger partial charge is 0.353 e. The van der Waals surface area contributed by atoms with Crippen LogP contribution in [0.15, 0.2) is 0 Å². The zero-order valence-corrected chi connectivity index (χ0v) is 12.3. The van der Waals surface area contributed by atoms with Crippen molar-refractivity contribution in [3.63, 3.8) is 0 Å². The van der Waals surface area contributed by atoms with Gasteiger partial charge in [0, 0.05) is 24.9 Å². The van der Waals surface area contributed by atoms with Gasteiger partial charge in [-0.1, -0.05) is 0 Å². The van der Waals surface area contributed by atoms with E-state index in [2.05, 4.69) is 30.6 Å². The highest BCUT2D eigenvalue weighted by atomic mass is 32.2. The fourth-order valence-corrected chi connectivity index (χ4v) is 3.78. The van der Waals surface area contributed by atoms with Crippen LogP contribution in [0.1, 0.15) is 25.7 Å². The summed E-state index contributed by atoms with van der Waals surface area (Å²) in [6.45, 7) is 2.91. The molecular formula is C12H21N7S. The molecule has 0 saturated carbocycles. The van der Waals surface area contributed by atoms with Gasteiger partial charge in [-0.2, -0.15) is 26.7 Å². The number of nitrogens with one attached hydrogen (secondary N) is 2. The highest BCUT2D eigenvalue weighted by molar-refractivity contribution is 8.00. The van der Waals surface area contributed by atoms with Crippen molar-refractivity contribution in [2.24, 2.45) is 5.84 Å². The van der Waals surface area contributed by atoms with Crippen LogP contribution in [0.25, 0.3) is 0 Å². The van der Waals surface area contributed by atoms with Crippen LogP contribution in [0, 0.1) is 0 Å². The Balaban J connectivity index is 1.69. The summed E-state index contributed by atoms with van der Waals surface area (Å²) in [5.41, 5.74) is 2.53. The lowest BCUT2D eigenvalue weighted by molar-refractivity contribution is 0.797. The van der Waals surface area contributed by atoms with E-state index in [0.717, 1.165) is 19.6 Å². The topological polar surface area (TPSA) is 92.0 Å². The van der Waals surface area contributed by atoms with Gasteiger partial charge >= 0.3 is 0 Å². The first kappa shape index (κ1) is 13.7. The molecule has 0 spiro atoms. The number of aromatic nitrogens is 3. The summed E-state index contributed by atoms with van der Waals surface area (Å²) in [4.78, 5) is 15.3. The SMILES string of the molecule is NNc1nc(NCC2CCCS2)nc(N2CCCC2)n1. The molecule has 1 atom stereocenters. The molecule has 20 heavy (non-hydrogen) atoms. The molecule has 2 aliphatic rings. The minimum Gasteiger partial charge on any atom is -0.353 e. The van der Waals surface area contributed by atoms with E-state index in [0.29, 0.717) is 23.1 Å². The van der Waals surface area contributed by atoms with Gasteiger partial charge in [0.05, 0.1) is 0 Å². The number of hydrogen-bond donors (Lipinski definition) is 3. The lowest BCUT2D eigenvalue weighted by atomic mass is 10.2. The minimum atomic E-state index is 0.420. The molecule has 110 valence electrons. The fraction of sp³-hybridized carbons (Fsp3) is 0.750. The van der Waals surface area contributed by atoms with Crippen molar-refractivity contribution >= 4 is 29.6 Å². The van der Waals surface area contributed by atoms with E-state index >= 15 is 0 Å². The summed E-state index contributed by atoms with van der Waals surface area (Å²) in [6, 6.07) is 0. The maximum atomic E-state index is 5.45. The van der Waals surface area contributed by atoms with Crippen molar-refractivity contribution in [1.29, 1.82) is 0 Å². The number of anilines is 3. The van der Waals surface area contributed by atoms with Crippen LogP contribution in [0.3, 0.4) is 0 Å². The second-order valence-electron chi connectivity index (χ2n) is 5.14. The molecule has 3 heterocycles. The van der Waals surface area contributed by atoms with E-state index in [4.69, 9.17) is 5.84 Å². The number of nitrogen functional groups attached to an aromatic ring is 1. The number of nitrogens with zero attached hydrogens (tertiary/aromatic N) is 4. The Morgan fingerprint density at radius 3 is 2.65 bits per heavy atom. The predicted molar refractivity (Wildman–Crippen MR) is 83.1 cm³/mol. The highest BCUT2D eigenvalue weighted by Crippen LogP contribution is 2.26. The number of hydrazine groups is 1. The molecule has 3 rings (SSSR count). The molecule has 8 heteroatoms. The number of nitrogens with two attached hydrogens (primary N) is 1. The van der Waals surface area contributed by atoms with E-state index in [1.807, 2.05) is 11.8 Å². The lowest BCUT2D eigenvalue weighted by Crippen LogP contribution is -2.24. The quantitative estimate of drug-likeness (QED) is 0.549. The molecule has 0 radical (unpaired) electrons. The van der Waals surface area contributed by atoms with Crippen molar-refractivity contribution in [3.05, 3.63) is 0 Å². The Hall–Kier alpha value is -1.28. The Bertz CT molecular complexity index is 443. The van der Waals surface area contributed by atoms with E-state index in [-0.39, 0.29) is 0 Å². The standard InChI is InChI=1S/C12H21N7S/c13-18-11-15-10(14-8-9-4-3-7-20-9)16-12(17-11)19-5-1-2-6-19/h9H,1-8,13H2,(H2,14,15,16,17,18). The first-order valence-electron chi connectivity index (χ1n) is 7.18. The summed E-state index contributed by atoms with van der Waals surface area (Å²) < 4.78 is 0. The van der Waals surface area contributed by atoms with Crippen molar-refractivity contribution < 1.29 is 0 Å². The van der Waals surface area contributed by atoms with E-state index in [9.17, 15) is 0 Å². The number of hydrogen-bond acceptors (Lipinski definition) is 8. The molecule has 1 aromatic heterocycles. The second-order valence-corrected chi connectivity index (χ2v) is 6.55. The third kappa shape index (κ3) is 3.24. The highest BCUT2D eigenvalue weighted by Gasteiger charge is 2.19. The normalized spacial score (nSPS) is 22.2. The van der Waals surface area contributed by atoms with Gasteiger partial charge in [0.15, 0.2) is 0 Å². The summed E-state index contributed by atoms with van der Waals surface area (Å²) in [5, 5.41) is 3.98. The van der Waals surface area contributed by atoms with E-state index < -0.39 is 0 Å². The minimum absolute atomic E-state index is 0.420. The fourth-order valence-electron chi connectivity index (χ4n) is 2.58. The first-order chi connectivity index (χ1) is 9.85. The van der Waals surface area contributed by atoms with Gasteiger partial charge in [-0.15, -0.1) is 0 Å². The summed E-state index contributed by atoms with van der Waals surface area (Å²) >= 11 is 2.02. The zero-order chi connectivity index (χ0) is 13.8. The van der Waals surface area contributed by atoms with Crippen molar-refractivity contribution in [2.75, 3.05) is 41.0 Å². The Morgan fingerprint density at radius 1 is 1.15 bits per heavy atom. The third-order valence-electron chi connectivity index (χ3n) is 3.65. The Labute approximate surface area is 123 Å². The molecule has 0 amide bonds. The maximum absolute atomic E-state index is 5.45. The van der Waals surface area contributed by atoms with Gasteiger partial charge < -0.3 is 10.2 Å². The number of thioether (sulfide) groups is 1. The van der Waals surface area contributed by atoms with Crippen LogP contribution >= 0.6 is 11.8 Å². The lowest BCUT2D eigenvalue weighted by Gasteiger charge is -2.17. The average Bonchev–Trinajstić information content (AvgIpc) is 3.17. The maximum Gasteiger partial charge on any atom is 0.243 e. The molecule has 1 unspecified atom stereocenters. The molecular weight excluding hydrogens is 274 g/mol. The second kappa shape index (κ2) is 6.45. The predicted octanol–water partition coefficient (Wildman–Crippen LogP) is 1.06. The van der Waals surface area contributed by atoms with Gasteiger partial charge in [-0.25, -0.2) is 5.84 Å². The average molecular weight is 295 g/mol. The van der Waals surface area contributed by atoms with Crippen molar-refractivity contribution in [2.45, 2.75) is 30.9 Å². The monoisotopic (exact) mass is 295 g/mol. The van der Waals surface area contributed by atoms with Gasteiger partial charge in [-0.3, -0.25) is 5.43 Å². The van der Waals surface area contributed by atoms with Crippen LogP contribution in [-0.4, -0.2) is 45.6 Å². The van der Waals surface area contributed by atoms with Crippen LogP contribution in [0.5, 0.6) is 0 Å². The Morgan fingerprint density at radius 2 is 1.95 bits per heavy atom. The van der Waals surface area contributed by atoms with Gasteiger partial charge in [0.2, 0.25) is 17.8 Å².